The minimum Gasteiger partial charge on any atom is -0.494 e. The van der Waals surface area contributed by atoms with Crippen molar-refractivity contribution in [1.82, 2.24) is 9.97 Å². The predicted octanol–water partition coefficient (Wildman–Crippen LogP) is 2.52. The number of fused-ring (bicyclic) bond motifs is 3. The normalized spacial score (nSPS) is 16.9. The van der Waals surface area contributed by atoms with Gasteiger partial charge in [-0.25, -0.2) is 14.8 Å². The molecule has 0 saturated heterocycles. The second-order valence-electron chi connectivity index (χ2n) is 8.12. The van der Waals surface area contributed by atoms with E-state index in [1.54, 1.807) is 18.2 Å². The lowest BCUT2D eigenvalue weighted by molar-refractivity contribution is -0.178. The summed E-state index contributed by atoms with van der Waals surface area (Å²) in [7, 11) is 1.46. The summed E-state index contributed by atoms with van der Waals surface area (Å²) in [5.74, 6) is -3.01. The SMILES string of the molecule is COc1cccc2nc3c(OC(C)=O)c4c(c(OC(C)=O)c3nc12)CC(OC(C)=O)(C(=O)O)CC4. The number of aromatic nitrogens is 2. The highest BCUT2D eigenvalue weighted by molar-refractivity contribution is 5.99. The molecule has 0 saturated carbocycles. The van der Waals surface area contributed by atoms with Crippen molar-refractivity contribution in [2.24, 2.45) is 0 Å². The molecule has 3 aromatic rings. The van der Waals surface area contributed by atoms with Crippen molar-refractivity contribution in [1.29, 1.82) is 0 Å². The zero-order valence-corrected chi connectivity index (χ0v) is 19.5. The summed E-state index contributed by atoms with van der Waals surface area (Å²) in [6.07, 6.45) is -0.391. The molecule has 0 aliphatic heterocycles. The molecule has 0 spiro atoms. The van der Waals surface area contributed by atoms with Crippen LogP contribution in [0.2, 0.25) is 0 Å². The average molecular weight is 482 g/mol. The number of esters is 3. The van der Waals surface area contributed by atoms with Gasteiger partial charge in [0.15, 0.2) is 11.5 Å². The maximum absolute atomic E-state index is 12.2. The van der Waals surface area contributed by atoms with Crippen LogP contribution in [0.4, 0.5) is 0 Å². The summed E-state index contributed by atoms with van der Waals surface area (Å²) < 4.78 is 21.7. The van der Waals surface area contributed by atoms with Crippen LogP contribution in [-0.4, -0.2) is 51.7 Å². The second-order valence-corrected chi connectivity index (χ2v) is 8.12. The molecule has 1 heterocycles. The van der Waals surface area contributed by atoms with Gasteiger partial charge in [-0.15, -0.1) is 0 Å². The Hall–Kier alpha value is -4.28. The van der Waals surface area contributed by atoms with Crippen molar-refractivity contribution in [2.45, 2.75) is 45.6 Å². The first-order valence-corrected chi connectivity index (χ1v) is 10.7. The zero-order valence-electron chi connectivity index (χ0n) is 19.5. The summed E-state index contributed by atoms with van der Waals surface area (Å²) in [5.41, 5.74) is -0.245. The number of methoxy groups -OCH3 is 1. The Balaban J connectivity index is 2.13. The molecule has 35 heavy (non-hydrogen) atoms. The number of hydrogen-bond acceptors (Lipinski definition) is 10. The van der Waals surface area contributed by atoms with Crippen molar-refractivity contribution in [3.8, 4) is 17.2 Å². The van der Waals surface area contributed by atoms with Crippen LogP contribution in [-0.2, 0) is 36.8 Å². The van der Waals surface area contributed by atoms with Crippen LogP contribution in [0.25, 0.3) is 22.1 Å². The van der Waals surface area contributed by atoms with Crippen LogP contribution in [0.5, 0.6) is 17.2 Å². The number of carboxylic acid groups (broad SMARTS) is 1. The van der Waals surface area contributed by atoms with Crippen molar-refractivity contribution in [2.75, 3.05) is 7.11 Å². The maximum atomic E-state index is 12.2. The van der Waals surface area contributed by atoms with E-state index < -0.39 is 29.5 Å². The van der Waals surface area contributed by atoms with Gasteiger partial charge >= 0.3 is 23.9 Å². The molecule has 0 radical (unpaired) electrons. The van der Waals surface area contributed by atoms with Crippen molar-refractivity contribution in [3.63, 3.8) is 0 Å². The summed E-state index contributed by atoms with van der Waals surface area (Å²) in [4.78, 5) is 57.3. The van der Waals surface area contributed by atoms with Gasteiger partial charge in [0.1, 0.15) is 22.3 Å². The Labute approximate surface area is 199 Å². The van der Waals surface area contributed by atoms with Gasteiger partial charge in [0.2, 0.25) is 5.60 Å². The lowest BCUT2D eigenvalue weighted by Crippen LogP contribution is -2.47. The molecule has 0 bridgehead atoms. The molecule has 2 aromatic carbocycles. The smallest absolute Gasteiger partial charge is 0.348 e. The molecule has 1 aromatic heterocycles. The second kappa shape index (κ2) is 8.82. The van der Waals surface area contributed by atoms with E-state index in [4.69, 9.17) is 18.9 Å². The van der Waals surface area contributed by atoms with E-state index in [0.717, 1.165) is 6.92 Å². The number of benzene rings is 2. The lowest BCUT2D eigenvalue weighted by atomic mass is 9.79. The quantitative estimate of drug-likeness (QED) is 0.324. The predicted molar refractivity (Wildman–Crippen MR) is 120 cm³/mol. The largest absolute Gasteiger partial charge is 0.494 e. The van der Waals surface area contributed by atoms with Gasteiger partial charge < -0.3 is 24.1 Å². The molecule has 1 atom stereocenters. The van der Waals surface area contributed by atoms with E-state index in [1.807, 2.05) is 0 Å². The molecule has 0 amide bonds. The molecule has 0 fully saturated rings. The van der Waals surface area contributed by atoms with Gasteiger partial charge in [0.25, 0.3) is 0 Å². The van der Waals surface area contributed by atoms with Crippen LogP contribution in [0.3, 0.4) is 0 Å². The number of carbonyl (C=O) groups is 4. The monoisotopic (exact) mass is 482 g/mol. The Morgan fingerprint density at radius 1 is 0.886 bits per heavy atom. The molecule has 11 nitrogen and oxygen atoms in total. The van der Waals surface area contributed by atoms with E-state index in [-0.39, 0.29) is 47.4 Å². The fourth-order valence-electron chi connectivity index (χ4n) is 4.34. The fraction of sp³-hybridized carbons (Fsp3) is 0.333. The number of aliphatic carboxylic acids is 1. The highest BCUT2D eigenvalue weighted by Crippen LogP contribution is 2.47. The Bertz CT molecular complexity index is 1420. The number of hydrogen-bond donors (Lipinski definition) is 1. The van der Waals surface area contributed by atoms with Crippen molar-refractivity contribution >= 4 is 45.9 Å². The number of rotatable bonds is 5. The topological polar surface area (TPSA) is 151 Å². The summed E-state index contributed by atoms with van der Waals surface area (Å²) >= 11 is 0. The van der Waals surface area contributed by atoms with E-state index in [2.05, 4.69) is 9.97 Å². The first-order chi connectivity index (χ1) is 16.6. The summed E-state index contributed by atoms with van der Waals surface area (Å²) in [6.45, 7) is 3.52. The minimum absolute atomic E-state index is 0.0412. The number of nitrogens with zero attached hydrogens (tertiary/aromatic N) is 2. The molecular weight excluding hydrogens is 460 g/mol. The number of ether oxygens (including phenoxy) is 4. The zero-order chi connectivity index (χ0) is 25.5. The van der Waals surface area contributed by atoms with Crippen LogP contribution in [0.15, 0.2) is 18.2 Å². The Kier molecular flexibility index (Phi) is 6.01. The highest BCUT2D eigenvalue weighted by Gasteiger charge is 2.47. The summed E-state index contributed by atoms with van der Waals surface area (Å²) in [5, 5.41) is 9.96. The maximum Gasteiger partial charge on any atom is 0.348 e. The van der Waals surface area contributed by atoms with Crippen molar-refractivity contribution < 1.29 is 43.2 Å². The Morgan fingerprint density at radius 3 is 2.09 bits per heavy atom. The van der Waals surface area contributed by atoms with Gasteiger partial charge in [-0.1, -0.05) is 6.07 Å². The molecule has 1 N–H and O–H groups in total. The first kappa shape index (κ1) is 23.9. The standard InChI is InChI=1S/C24H22N2O9/c1-11(27)33-21-14-8-9-24(23(30)31,35-13(3)29)10-15(14)22(34-12(2)28)20-19(21)25-16-6-5-7-17(32-4)18(16)26-20/h5-7H,8-10H2,1-4H3,(H,30,31). The number of carbonyl (C=O) groups excluding carboxylic acids is 3. The number of para-hydroxylation sites is 1. The van der Waals surface area contributed by atoms with Crippen molar-refractivity contribution in [3.05, 3.63) is 29.3 Å². The van der Waals surface area contributed by atoms with Crippen LogP contribution >= 0.6 is 0 Å². The van der Waals surface area contributed by atoms with Gasteiger partial charge in [0, 0.05) is 44.7 Å². The van der Waals surface area contributed by atoms with Gasteiger partial charge in [0.05, 0.1) is 12.6 Å². The van der Waals surface area contributed by atoms with E-state index in [9.17, 15) is 24.3 Å². The minimum atomic E-state index is -1.91. The lowest BCUT2D eigenvalue weighted by Gasteiger charge is -2.35. The molecule has 182 valence electrons. The third kappa shape index (κ3) is 4.20. The van der Waals surface area contributed by atoms with E-state index in [0.29, 0.717) is 22.3 Å². The van der Waals surface area contributed by atoms with Gasteiger partial charge in [-0.3, -0.25) is 14.4 Å². The fourth-order valence-corrected chi connectivity index (χ4v) is 4.34. The third-order valence-corrected chi connectivity index (χ3v) is 5.68. The molecule has 1 aliphatic carbocycles. The van der Waals surface area contributed by atoms with Gasteiger partial charge in [-0.2, -0.15) is 0 Å². The molecule has 11 heteroatoms. The highest BCUT2D eigenvalue weighted by atomic mass is 16.6. The number of carboxylic acids is 1. The summed E-state index contributed by atoms with van der Waals surface area (Å²) in [6, 6.07) is 5.09. The molecule has 1 unspecified atom stereocenters. The Morgan fingerprint density at radius 2 is 1.51 bits per heavy atom. The molecular formula is C24H22N2O9. The molecule has 1 aliphatic rings. The molecule has 4 rings (SSSR count). The first-order valence-electron chi connectivity index (χ1n) is 10.7. The van der Waals surface area contributed by atoms with E-state index >= 15 is 0 Å². The third-order valence-electron chi connectivity index (χ3n) is 5.68. The van der Waals surface area contributed by atoms with Gasteiger partial charge in [-0.05, 0) is 18.6 Å². The van der Waals surface area contributed by atoms with Crippen LogP contribution in [0, 0.1) is 0 Å². The van der Waals surface area contributed by atoms with Crippen LogP contribution in [0.1, 0.15) is 38.3 Å². The van der Waals surface area contributed by atoms with Crippen LogP contribution < -0.4 is 14.2 Å². The average Bonchev–Trinajstić information content (AvgIpc) is 2.78. The van der Waals surface area contributed by atoms with E-state index in [1.165, 1.54) is 21.0 Å².